The first-order chi connectivity index (χ1) is 23.0. The van der Waals surface area contributed by atoms with E-state index in [9.17, 15) is 14.4 Å². The van der Waals surface area contributed by atoms with Crippen LogP contribution in [-0.4, -0.2) is 117 Å². The number of carbonyl (C=O) groups excluding carboxylic acids is 3. The molecule has 3 aliphatic rings. The maximum atomic E-state index is 14.0. The number of pyridine rings is 1. The fourth-order valence-electron chi connectivity index (χ4n) is 5.80. The van der Waals surface area contributed by atoms with E-state index < -0.39 is 5.91 Å². The standard InChI is InChI=1S/C33H41N9O5/c34-31(43)28-24-36-30(22-29(28)35-23-25-4-2-1-3-5-25)42(33(45)40-14-18-46-19-15-40)27-8-6-26(7-9-27)38-10-12-39(13-11-38)32(44)37-41-16-20-47-21-17-41/h1-9,22,24H,10-21,23H2,(H2,34,43)(H,35,36)(H,37,44). The minimum absolute atomic E-state index is 0.0911. The molecule has 14 nitrogen and oxygen atoms in total. The summed E-state index contributed by atoms with van der Waals surface area (Å²) < 4.78 is 10.8. The Morgan fingerprint density at radius 3 is 2.13 bits per heavy atom. The Balaban J connectivity index is 1.19. The van der Waals surface area contributed by atoms with Crippen LogP contribution in [0.25, 0.3) is 0 Å². The van der Waals surface area contributed by atoms with Crippen LogP contribution in [0.2, 0.25) is 0 Å². The molecule has 3 aliphatic heterocycles. The van der Waals surface area contributed by atoms with Crippen molar-refractivity contribution >= 4 is 40.8 Å². The molecule has 3 aromatic rings. The molecule has 0 aliphatic carbocycles. The third-order valence-corrected chi connectivity index (χ3v) is 8.49. The predicted octanol–water partition coefficient (Wildman–Crippen LogP) is 2.46. The third-order valence-electron chi connectivity index (χ3n) is 8.49. The SMILES string of the molecule is NC(=O)c1cnc(N(C(=O)N2CCOCC2)c2ccc(N3CCN(C(=O)NN4CCOCC4)CC3)cc2)cc1NCc1ccccc1. The first kappa shape index (κ1) is 32.0. The molecule has 6 rings (SSSR count). The molecule has 4 heterocycles. The number of aromatic nitrogens is 1. The second kappa shape index (κ2) is 15.1. The molecule has 0 unspecified atom stereocenters. The van der Waals surface area contributed by atoms with Crippen molar-refractivity contribution < 1.29 is 23.9 Å². The van der Waals surface area contributed by atoms with Gasteiger partial charge in [0.05, 0.1) is 43.4 Å². The summed E-state index contributed by atoms with van der Waals surface area (Å²) in [6.07, 6.45) is 1.41. The van der Waals surface area contributed by atoms with Gasteiger partial charge in [-0.2, -0.15) is 0 Å². The van der Waals surface area contributed by atoms with Crippen LogP contribution >= 0.6 is 0 Å². The number of rotatable bonds is 8. The first-order valence-corrected chi connectivity index (χ1v) is 15.9. The third kappa shape index (κ3) is 7.91. The molecule has 3 fully saturated rings. The largest absolute Gasteiger partial charge is 0.380 e. The Hall–Kier alpha value is -4.92. The molecular weight excluding hydrogens is 602 g/mol. The number of urea groups is 2. The van der Waals surface area contributed by atoms with E-state index in [1.54, 1.807) is 15.9 Å². The zero-order valence-electron chi connectivity index (χ0n) is 26.3. The van der Waals surface area contributed by atoms with E-state index in [-0.39, 0.29) is 17.6 Å². The lowest BCUT2D eigenvalue weighted by Crippen LogP contribution is -2.57. The van der Waals surface area contributed by atoms with Gasteiger partial charge in [0, 0.05) is 76.9 Å². The van der Waals surface area contributed by atoms with Crippen LogP contribution in [-0.2, 0) is 16.0 Å². The van der Waals surface area contributed by atoms with E-state index in [0.29, 0.717) is 103 Å². The normalized spacial score (nSPS) is 17.2. The van der Waals surface area contributed by atoms with Crippen molar-refractivity contribution in [1.82, 2.24) is 25.2 Å². The zero-order valence-corrected chi connectivity index (χ0v) is 26.3. The van der Waals surface area contributed by atoms with Crippen LogP contribution in [0, 0.1) is 0 Å². The summed E-state index contributed by atoms with van der Waals surface area (Å²) in [4.78, 5) is 51.0. The number of nitrogens with zero attached hydrogens (tertiary/aromatic N) is 6. The van der Waals surface area contributed by atoms with Crippen LogP contribution < -0.4 is 26.3 Å². The first-order valence-electron chi connectivity index (χ1n) is 15.9. The highest BCUT2D eigenvalue weighted by atomic mass is 16.5. The molecule has 0 atom stereocenters. The van der Waals surface area contributed by atoms with Gasteiger partial charge in [0.15, 0.2) is 0 Å². The number of carbonyl (C=O) groups is 3. The number of piperazine rings is 1. The molecule has 2 aromatic carbocycles. The summed E-state index contributed by atoms with van der Waals surface area (Å²) in [5.41, 5.74) is 12.0. The van der Waals surface area contributed by atoms with Gasteiger partial charge in [0.1, 0.15) is 5.82 Å². The van der Waals surface area contributed by atoms with Crippen LogP contribution in [0.4, 0.5) is 32.5 Å². The fraction of sp³-hybridized carbons (Fsp3) is 0.394. The number of hydrogen-bond acceptors (Lipinski definition) is 9. The number of hydrazine groups is 1. The summed E-state index contributed by atoms with van der Waals surface area (Å²) in [5, 5.41) is 5.20. The smallest absolute Gasteiger partial charge is 0.332 e. The van der Waals surface area contributed by atoms with Crippen molar-refractivity contribution in [2.45, 2.75) is 6.54 Å². The van der Waals surface area contributed by atoms with Crippen LogP contribution in [0.1, 0.15) is 15.9 Å². The Bertz CT molecular complexity index is 1520. The van der Waals surface area contributed by atoms with E-state index in [1.165, 1.54) is 6.20 Å². The van der Waals surface area contributed by atoms with Crippen molar-refractivity contribution in [2.75, 3.05) is 93.9 Å². The molecule has 0 bridgehead atoms. The highest BCUT2D eigenvalue weighted by molar-refractivity contribution is 6.02. The molecular formula is C33H41N9O5. The molecule has 14 heteroatoms. The lowest BCUT2D eigenvalue weighted by atomic mass is 10.1. The minimum atomic E-state index is -0.617. The van der Waals surface area contributed by atoms with Crippen molar-refractivity contribution in [2.24, 2.45) is 5.73 Å². The molecule has 0 spiro atoms. The highest BCUT2D eigenvalue weighted by Crippen LogP contribution is 2.31. The van der Waals surface area contributed by atoms with Gasteiger partial charge in [-0.3, -0.25) is 10.2 Å². The number of nitrogens with two attached hydrogens (primary N) is 1. The molecule has 0 saturated carbocycles. The summed E-state index contributed by atoms with van der Waals surface area (Å²) in [6, 6.07) is 18.9. The monoisotopic (exact) mass is 643 g/mol. The van der Waals surface area contributed by atoms with E-state index >= 15 is 0 Å². The van der Waals surface area contributed by atoms with Crippen LogP contribution in [0.15, 0.2) is 66.9 Å². The van der Waals surface area contributed by atoms with Gasteiger partial charge < -0.3 is 35.2 Å². The van der Waals surface area contributed by atoms with Crippen LogP contribution in [0.3, 0.4) is 0 Å². The zero-order chi connectivity index (χ0) is 32.6. The second-order valence-electron chi connectivity index (χ2n) is 11.5. The van der Waals surface area contributed by atoms with Crippen LogP contribution in [0.5, 0.6) is 0 Å². The summed E-state index contributed by atoms with van der Waals surface area (Å²) in [5.74, 6) is -0.261. The lowest BCUT2D eigenvalue weighted by Gasteiger charge is -2.37. The summed E-state index contributed by atoms with van der Waals surface area (Å²) >= 11 is 0. The quantitative estimate of drug-likeness (QED) is 0.337. The van der Waals surface area contributed by atoms with Gasteiger partial charge in [-0.05, 0) is 29.8 Å². The number of ether oxygens (including phenoxy) is 2. The summed E-state index contributed by atoms with van der Waals surface area (Å²) in [6.45, 7) is 7.39. The van der Waals surface area contributed by atoms with Crippen molar-refractivity contribution in [3.63, 3.8) is 0 Å². The maximum Gasteiger partial charge on any atom is 0.332 e. The average molecular weight is 644 g/mol. The Labute approximate surface area is 274 Å². The number of amides is 5. The number of hydrogen-bond donors (Lipinski definition) is 3. The van der Waals surface area contributed by atoms with Gasteiger partial charge in [-0.15, -0.1) is 0 Å². The molecule has 0 radical (unpaired) electrons. The Morgan fingerprint density at radius 2 is 1.47 bits per heavy atom. The van der Waals surface area contributed by atoms with Crippen molar-refractivity contribution in [3.05, 3.63) is 78.0 Å². The maximum absolute atomic E-state index is 14.0. The number of anilines is 4. The van der Waals surface area contributed by atoms with Crippen molar-refractivity contribution in [3.8, 4) is 0 Å². The molecule has 4 N–H and O–H groups in total. The van der Waals surface area contributed by atoms with Gasteiger partial charge in [-0.25, -0.2) is 24.5 Å². The van der Waals surface area contributed by atoms with Gasteiger partial charge in [0.2, 0.25) is 0 Å². The fourth-order valence-corrected chi connectivity index (χ4v) is 5.80. The Morgan fingerprint density at radius 1 is 0.809 bits per heavy atom. The minimum Gasteiger partial charge on any atom is -0.380 e. The van der Waals surface area contributed by atoms with E-state index in [0.717, 1.165) is 11.3 Å². The molecule has 5 amide bonds. The number of benzene rings is 2. The number of morpholine rings is 2. The van der Waals surface area contributed by atoms with E-state index in [1.807, 2.05) is 64.5 Å². The lowest BCUT2D eigenvalue weighted by molar-refractivity contribution is 0.0158. The Kier molecular flexibility index (Phi) is 10.3. The predicted molar refractivity (Wildman–Crippen MR) is 178 cm³/mol. The van der Waals surface area contributed by atoms with Gasteiger partial charge in [-0.1, -0.05) is 30.3 Å². The van der Waals surface area contributed by atoms with Gasteiger partial charge >= 0.3 is 12.1 Å². The molecule has 248 valence electrons. The topological polar surface area (TPSA) is 149 Å². The molecule has 3 saturated heterocycles. The number of nitrogens with one attached hydrogen (secondary N) is 2. The molecule has 1 aromatic heterocycles. The van der Waals surface area contributed by atoms with E-state index in [4.69, 9.17) is 15.2 Å². The average Bonchev–Trinajstić information content (AvgIpc) is 3.12. The molecule has 47 heavy (non-hydrogen) atoms. The second-order valence-corrected chi connectivity index (χ2v) is 11.5. The summed E-state index contributed by atoms with van der Waals surface area (Å²) in [7, 11) is 0. The van der Waals surface area contributed by atoms with Gasteiger partial charge in [0.25, 0.3) is 5.91 Å². The highest BCUT2D eigenvalue weighted by Gasteiger charge is 2.28. The van der Waals surface area contributed by atoms with Crippen molar-refractivity contribution in [1.29, 1.82) is 0 Å². The van der Waals surface area contributed by atoms with E-state index in [2.05, 4.69) is 20.6 Å². The number of primary amides is 1.